The van der Waals surface area contributed by atoms with E-state index in [1.165, 1.54) is 20.0 Å². The van der Waals surface area contributed by atoms with Crippen LogP contribution in [-0.2, 0) is 4.74 Å². The SMILES string of the molecule is CCN(CC1CCCNC1)c1ccnc(C(=O)OC)n1. The Morgan fingerprint density at radius 2 is 2.45 bits per heavy atom. The zero-order valence-electron chi connectivity index (χ0n) is 12.1. The Morgan fingerprint density at radius 1 is 1.60 bits per heavy atom. The van der Waals surface area contributed by atoms with Crippen molar-refractivity contribution in [2.45, 2.75) is 19.8 Å². The molecule has 1 aliphatic heterocycles. The average Bonchev–Trinajstić information content (AvgIpc) is 2.53. The second-order valence-electron chi connectivity index (χ2n) is 4.98. The van der Waals surface area contributed by atoms with Gasteiger partial charge >= 0.3 is 5.97 Å². The number of nitrogens with one attached hydrogen (secondary N) is 1. The van der Waals surface area contributed by atoms with Crippen LogP contribution in [0.25, 0.3) is 0 Å². The van der Waals surface area contributed by atoms with Gasteiger partial charge in [0.05, 0.1) is 7.11 Å². The van der Waals surface area contributed by atoms with E-state index in [4.69, 9.17) is 0 Å². The molecule has 0 aromatic carbocycles. The van der Waals surface area contributed by atoms with Gasteiger partial charge in [-0.3, -0.25) is 0 Å². The summed E-state index contributed by atoms with van der Waals surface area (Å²) in [5.41, 5.74) is 0. The standard InChI is InChI=1S/C14H22N4O2/c1-3-18(10-11-5-4-7-15-9-11)12-6-8-16-13(17-12)14(19)20-2/h6,8,11,15H,3-5,7,9-10H2,1-2H3. The highest BCUT2D eigenvalue weighted by Crippen LogP contribution is 2.16. The van der Waals surface area contributed by atoms with Crippen molar-refractivity contribution in [2.24, 2.45) is 5.92 Å². The van der Waals surface area contributed by atoms with Crippen LogP contribution in [0.2, 0.25) is 0 Å². The van der Waals surface area contributed by atoms with Gasteiger partial charge in [0.15, 0.2) is 0 Å². The number of hydrogen-bond acceptors (Lipinski definition) is 6. The molecule has 0 aliphatic carbocycles. The summed E-state index contributed by atoms with van der Waals surface area (Å²) in [5.74, 6) is 1.03. The first-order valence-corrected chi connectivity index (χ1v) is 7.11. The maximum absolute atomic E-state index is 11.5. The lowest BCUT2D eigenvalue weighted by Crippen LogP contribution is -2.38. The molecule has 1 N–H and O–H groups in total. The number of anilines is 1. The third-order valence-corrected chi connectivity index (χ3v) is 3.59. The first-order valence-electron chi connectivity index (χ1n) is 7.11. The molecule has 1 fully saturated rings. The molecule has 0 spiro atoms. The van der Waals surface area contributed by atoms with Crippen molar-refractivity contribution in [3.8, 4) is 0 Å². The molecule has 6 heteroatoms. The largest absolute Gasteiger partial charge is 0.463 e. The molecule has 1 aromatic rings. The minimum atomic E-state index is -0.498. The molecule has 2 heterocycles. The number of nitrogens with zero attached hydrogens (tertiary/aromatic N) is 3. The predicted octanol–water partition coefficient (Wildman–Crippen LogP) is 1.09. The van der Waals surface area contributed by atoms with E-state index < -0.39 is 5.97 Å². The molecule has 6 nitrogen and oxygen atoms in total. The highest BCUT2D eigenvalue weighted by Gasteiger charge is 2.18. The van der Waals surface area contributed by atoms with Crippen LogP contribution in [0.3, 0.4) is 0 Å². The van der Waals surface area contributed by atoms with Crippen molar-refractivity contribution in [1.29, 1.82) is 0 Å². The van der Waals surface area contributed by atoms with E-state index in [9.17, 15) is 4.79 Å². The van der Waals surface area contributed by atoms with Gasteiger partial charge < -0.3 is 15.0 Å². The van der Waals surface area contributed by atoms with Crippen LogP contribution in [0.15, 0.2) is 12.3 Å². The van der Waals surface area contributed by atoms with Crippen molar-refractivity contribution in [3.63, 3.8) is 0 Å². The Hall–Kier alpha value is -1.69. The fourth-order valence-corrected chi connectivity index (χ4v) is 2.49. The van der Waals surface area contributed by atoms with Crippen LogP contribution in [0.1, 0.15) is 30.4 Å². The van der Waals surface area contributed by atoms with Crippen LogP contribution in [0.4, 0.5) is 5.82 Å². The summed E-state index contributed by atoms with van der Waals surface area (Å²) >= 11 is 0. The zero-order valence-corrected chi connectivity index (χ0v) is 12.1. The molecule has 2 rings (SSSR count). The fourth-order valence-electron chi connectivity index (χ4n) is 2.49. The predicted molar refractivity (Wildman–Crippen MR) is 76.9 cm³/mol. The lowest BCUT2D eigenvalue weighted by atomic mass is 9.99. The lowest BCUT2D eigenvalue weighted by molar-refractivity contribution is 0.0586. The van der Waals surface area contributed by atoms with Crippen LogP contribution < -0.4 is 10.2 Å². The topological polar surface area (TPSA) is 67.4 Å². The maximum atomic E-state index is 11.5. The van der Waals surface area contributed by atoms with Gasteiger partial charge in [0.2, 0.25) is 5.82 Å². The second kappa shape index (κ2) is 7.19. The van der Waals surface area contributed by atoms with E-state index in [0.717, 1.165) is 32.0 Å². The summed E-state index contributed by atoms with van der Waals surface area (Å²) in [6.07, 6.45) is 4.06. The first-order chi connectivity index (χ1) is 9.74. The Morgan fingerprint density at radius 3 is 3.10 bits per heavy atom. The number of rotatable bonds is 5. The van der Waals surface area contributed by atoms with Gasteiger partial charge in [-0.1, -0.05) is 0 Å². The van der Waals surface area contributed by atoms with Crippen LogP contribution in [0, 0.1) is 5.92 Å². The molecule has 1 atom stereocenters. The number of carbonyl (C=O) groups is 1. The molecular formula is C14H22N4O2. The molecule has 0 bridgehead atoms. The normalized spacial score (nSPS) is 18.6. The number of hydrogen-bond donors (Lipinski definition) is 1. The number of ether oxygens (including phenoxy) is 1. The van der Waals surface area contributed by atoms with Gasteiger partial charge in [0.1, 0.15) is 5.82 Å². The minimum absolute atomic E-state index is 0.116. The van der Waals surface area contributed by atoms with Gasteiger partial charge in [-0.25, -0.2) is 14.8 Å². The van der Waals surface area contributed by atoms with Crippen LogP contribution in [-0.4, -0.2) is 49.2 Å². The molecule has 1 aliphatic rings. The number of piperidine rings is 1. The molecule has 1 saturated heterocycles. The van der Waals surface area contributed by atoms with E-state index in [1.807, 2.05) is 6.07 Å². The van der Waals surface area contributed by atoms with Gasteiger partial charge in [-0.05, 0) is 44.8 Å². The van der Waals surface area contributed by atoms with E-state index in [2.05, 4.69) is 31.8 Å². The Balaban J connectivity index is 2.08. The van der Waals surface area contributed by atoms with Crippen molar-refractivity contribution >= 4 is 11.8 Å². The quantitative estimate of drug-likeness (QED) is 0.813. The summed E-state index contributed by atoms with van der Waals surface area (Å²) in [6.45, 7) is 6.06. The smallest absolute Gasteiger partial charge is 0.376 e. The second-order valence-corrected chi connectivity index (χ2v) is 4.98. The average molecular weight is 278 g/mol. The number of carbonyl (C=O) groups excluding carboxylic acids is 1. The maximum Gasteiger partial charge on any atom is 0.376 e. The summed E-state index contributed by atoms with van der Waals surface area (Å²) in [5, 5.41) is 3.42. The molecule has 0 radical (unpaired) electrons. The lowest BCUT2D eigenvalue weighted by Gasteiger charge is -2.30. The van der Waals surface area contributed by atoms with Gasteiger partial charge in [-0.2, -0.15) is 0 Å². The van der Waals surface area contributed by atoms with Crippen LogP contribution in [0.5, 0.6) is 0 Å². The molecule has 20 heavy (non-hydrogen) atoms. The molecule has 110 valence electrons. The van der Waals surface area contributed by atoms with E-state index in [-0.39, 0.29) is 5.82 Å². The monoisotopic (exact) mass is 278 g/mol. The number of esters is 1. The molecule has 0 saturated carbocycles. The Kier molecular flexibility index (Phi) is 5.29. The van der Waals surface area contributed by atoms with E-state index in [1.54, 1.807) is 6.20 Å². The summed E-state index contributed by atoms with van der Waals surface area (Å²) in [4.78, 5) is 21.9. The van der Waals surface area contributed by atoms with Gasteiger partial charge in [0, 0.05) is 19.3 Å². The minimum Gasteiger partial charge on any atom is -0.463 e. The van der Waals surface area contributed by atoms with Crippen molar-refractivity contribution in [2.75, 3.05) is 38.2 Å². The molecular weight excluding hydrogens is 256 g/mol. The highest BCUT2D eigenvalue weighted by atomic mass is 16.5. The van der Waals surface area contributed by atoms with Gasteiger partial charge in [0.25, 0.3) is 0 Å². The third kappa shape index (κ3) is 3.66. The molecule has 1 aromatic heterocycles. The zero-order chi connectivity index (χ0) is 14.4. The summed E-state index contributed by atoms with van der Waals surface area (Å²) in [6, 6.07) is 1.84. The molecule has 1 unspecified atom stereocenters. The molecule has 0 amide bonds. The highest BCUT2D eigenvalue weighted by molar-refractivity contribution is 5.85. The number of methoxy groups -OCH3 is 1. The van der Waals surface area contributed by atoms with Crippen molar-refractivity contribution in [3.05, 3.63) is 18.1 Å². The Bertz CT molecular complexity index is 447. The summed E-state index contributed by atoms with van der Waals surface area (Å²) in [7, 11) is 1.34. The van der Waals surface area contributed by atoms with Crippen molar-refractivity contribution < 1.29 is 9.53 Å². The summed E-state index contributed by atoms with van der Waals surface area (Å²) < 4.78 is 4.66. The Labute approximate surface area is 119 Å². The fraction of sp³-hybridized carbons (Fsp3) is 0.643. The third-order valence-electron chi connectivity index (χ3n) is 3.59. The van der Waals surface area contributed by atoms with Crippen LogP contribution >= 0.6 is 0 Å². The van der Waals surface area contributed by atoms with E-state index in [0.29, 0.717) is 5.92 Å². The number of aromatic nitrogens is 2. The first kappa shape index (κ1) is 14.7. The van der Waals surface area contributed by atoms with E-state index >= 15 is 0 Å². The van der Waals surface area contributed by atoms with Gasteiger partial charge in [-0.15, -0.1) is 0 Å². The van der Waals surface area contributed by atoms with Crippen molar-refractivity contribution in [1.82, 2.24) is 15.3 Å².